The average Bonchev–Trinajstić information content (AvgIpc) is 3.04. The van der Waals surface area contributed by atoms with E-state index in [0.29, 0.717) is 5.82 Å². The maximum absolute atomic E-state index is 10.4. The molecular weight excluding hydrogens is 228 g/mol. The summed E-state index contributed by atoms with van der Waals surface area (Å²) in [6, 6.07) is 5.77. The number of nitrogens with zero attached hydrogens (tertiary/aromatic N) is 4. The lowest BCUT2D eigenvalue weighted by Crippen LogP contribution is -2.08. The van der Waals surface area contributed by atoms with Crippen LogP contribution in [0, 0.1) is 0 Å². The van der Waals surface area contributed by atoms with E-state index in [4.69, 9.17) is 0 Å². The van der Waals surface area contributed by atoms with Crippen molar-refractivity contribution in [2.24, 2.45) is 0 Å². The molecule has 3 aromatic rings. The number of aliphatic hydroxyl groups is 1. The molecule has 0 spiro atoms. The van der Waals surface area contributed by atoms with Gasteiger partial charge in [-0.15, -0.1) is 0 Å². The summed E-state index contributed by atoms with van der Waals surface area (Å²) >= 11 is 0. The van der Waals surface area contributed by atoms with Gasteiger partial charge in [-0.2, -0.15) is 5.10 Å². The van der Waals surface area contributed by atoms with Crippen molar-refractivity contribution in [1.82, 2.24) is 19.2 Å². The van der Waals surface area contributed by atoms with Gasteiger partial charge in [-0.05, 0) is 19.1 Å². The zero-order valence-electron chi connectivity index (χ0n) is 10.1. The van der Waals surface area contributed by atoms with Crippen molar-refractivity contribution in [3.8, 4) is 0 Å². The van der Waals surface area contributed by atoms with Gasteiger partial charge in [0.15, 0.2) is 0 Å². The Balaban J connectivity index is 2.09. The molecule has 0 fully saturated rings. The summed E-state index contributed by atoms with van der Waals surface area (Å²) in [6.07, 6.45) is 6.37. The molecule has 1 N–H and O–H groups in total. The minimum absolute atomic E-state index is 0.649. The summed E-state index contributed by atoms with van der Waals surface area (Å²) in [6.45, 7) is 2.81. The van der Waals surface area contributed by atoms with Crippen LogP contribution in [0.15, 0.2) is 43.0 Å². The van der Waals surface area contributed by atoms with Crippen LogP contribution in [0.1, 0.15) is 24.4 Å². The third kappa shape index (κ3) is 1.60. The van der Waals surface area contributed by atoms with Crippen LogP contribution in [-0.2, 0) is 6.54 Å². The number of hydrogen-bond acceptors (Lipinski definition) is 3. The van der Waals surface area contributed by atoms with Gasteiger partial charge >= 0.3 is 0 Å². The Kier molecular flexibility index (Phi) is 2.60. The highest BCUT2D eigenvalue weighted by molar-refractivity contribution is 5.55. The lowest BCUT2D eigenvalue weighted by atomic mass is 10.1. The Labute approximate surface area is 104 Å². The first-order valence-electron chi connectivity index (χ1n) is 5.92. The van der Waals surface area contributed by atoms with Crippen LogP contribution in [0.25, 0.3) is 5.52 Å². The molecule has 0 bridgehead atoms. The van der Waals surface area contributed by atoms with Crippen molar-refractivity contribution < 1.29 is 5.11 Å². The van der Waals surface area contributed by atoms with E-state index in [2.05, 4.69) is 10.1 Å². The van der Waals surface area contributed by atoms with E-state index in [0.717, 1.165) is 17.6 Å². The standard InChI is InChI=1S/C13H14N4O/c1-2-16-8-6-14-13(16)12(18)10-9-15-17-7-4-3-5-11(10)17/h3-9,12,18H,2H2,1H3. The molecular formula is C13H14N4O. The van der Waals surface area contributed by atoms with Gasteiger partial charge in [-0.1, -0.05) is 6.07 Å². The SMILES string of the molecule is CCn1ccnc1C(O)c1cnn2ccccc12. The van der Waals surface area contributed by atoms with Crippen LogP contribution in [0.5, 0.6) is 0 Å². The Morgan fingerprint density at radius 3 is 3.06 bits per heavy atom. The Morgan fingerprint density at radius 2 is 2.22 bits per heavy atom. The summed E-state index contributed by atoms with van der Waals surface area (Å²) in [5.74, 6) is 0.649. The molecule has 1 unspecified atom stereocenters. The van der Waals surface area contributed by atoms with Crippen LogP contribution in [-0.4, -0.2) is 24.3 Å². The van der Waals surface area contributed by atoms with Gasteiger partial charge in [0.25, 0.3) is 0 Å². The van der Waals surface area contributed by atoms with Gasteiger partial charge in [0.05, 0.1) is 11.7 Å². The van der Waals surface area contributed by atoms with Crippen LogP contribution < -0.4 is 0 Å². The fourth-order valence-electron chi connectivity index (χ4n) is 2.14. The number of pyridine rings is 1. The number of imidazole rings is 1. The predicted octanol–water partition coefficient (Wildman–Crippen LogP) is 1.63. The molecule has 92 valence electrons. The maximum atomic E-state index is 10.4. The summed E-state index contributed by atoms with van der Waals surface area (Å²) in [7, 11) is 0. The number of fused-ring (bicyclic) bond motifs is 1. The highest BCUT2D eigenvalue weighted by Crippen LogP contribution is 2.24. The molecule has 0 aromatic carbocycles. The zero-order valence-corrected chi connectivity index (χ0v) is 10.1. The van der Waals surface area contributed by atoms with Crippen LogP contribution in [0.3, 0.4) is 0 Å². The summed E-state index contributed by atoms with van der Waals surface area (Å²) in [5.41, 5.74) is 1.67. The summed E-state index contributed by atoms with van der Waals surface area (Å²) < 4.78 is 3.68. The van der Waals surface area contributed by atoms with Crippen LogP contribution in [0.4, 0.5) is 0 Å². The second-order valence-electron chi connectivity index (χ2n) is 4.10. The van der Waals surface area contributed by atoms with Gasteiger partial charge in [0.1, 0.15) is 11.9 Å². The Bertz CT molecular complexity index is 670. The molecule has 3 heterocycles. The van der Waals surface area contributed by atoms with Crippen molar-refractivity contribution in [1.29, 1.82) is 0 Å². The first kappa shape index (κ1) is 11.0. The Hall–Kier alpha value is -2.14. The first-order valence-corrected chi connectivity index (χ1v) is 5.92. The number of rotatable bonds is 3. The molecule has 3 rings (SSSR count). The Morgan fingerprint density at radius 1 is 1.33 bits per heavy atom. The highest BCUT2D eigenvalue weighted by Gasteiger charge is 2.19. The van der Waals surface area contributed by atoms with Crippen LogP contribution >= 0.6 is 0 Å². The second-order valence-corrected chi connectivity index (χ2v) is 4.10. The summed E-state index contributed by atoms with van der Waals surface area (Å²) in [5, 5.41) is 14.7. The van der Waals surface area contributed by atoms with Crippen molar-refractivity contribution >= 4 is 5.52 Å². The molecule has 0 radical (unpaired) electrons. The molecule has 0 aliphatic carbocycles. The van der Waals surface area contributed by atoms with Gasteiger partial charge in [-0.3, -0.25) is 0 Å². The zero-order chi connectivity index (χ0) is 12.5. The van der Waals surface area contributed by atoms with E-state index in [1.807, 2.05) is 42.1 Å². The van der Waals surface area contributed by atoms with E-state index in [9.17, 15) is 5.11 Å². The van der Waals surface area contributed by atoms with E-state index >= 15 is 0 Å². The van der Waals surface area contributed by atoms with E-state index < -0.39 is 6.10 Å². The third-order valence-corrected chi connectivity index (χ3v) is 3.08. The van der Waals surface area contributed by atoms with E-state index in [-0.39, 0.29) is 0 Å². The highest BCUT2D eigenvalue weighted by atomic mass is 16.3. The average molecular weight is 242 g/mol. The minimum atomic E-state index is -0.750. The summed E-state index contributed by atoms with van der Waals surface area (Å²) in [4.78, 5) is 4.23. The molecule has 1 atom stereocenters. The number of aromatic nitrogens is 4. The molecule has 5 nitrogen and oxygen atoms in total. The van der Waals surface area contributed by atoms with Crippen molar-refractivity contribution in [3.63, 3.8) is 0 Å². The number of aryl methyl sites for hydroxylation is 1. The first-order chi connectivity index (χ1) is 8.81. The molecule has 3 aromatic heterocycles. The quantitative estimate of drug-likeness (QED) is 0.759. The topological polar surface area (TPSA) is 55.3 Å². The lowest BCUT2D eigenvalue weighted by Gasteiger charge is -2.10. The van der Waals surface area contributed by atoms with E-state index in [1.165, 1.54) is 0 Å². The second kappa shape index (κ2) is 4.27. The fraction of sp³-hybridized carbons (Fsp3) is 0.231. The molecule has 0 saturated heterocycles. The monoisotopic (exact) mass is 242 g/mol. The van der Waals surface area contributed by atoms with Gasteiger partial charge in [0.2, 0.25) is 0 Å². The molecule has 5 heteroatoms. The molecule has 18 heavy (non-hydrogen) atoms. The smallest absolute Gasteiger partial charge is 0.142 e. The van der Waals surface area contributed by atoms with Gasteiger partial charge < -0.3 is 9.67 Å². The van der Waals surface area contributed by atoms with Gasteiger partial charge in [0, 0.05) is 30.7 Å². The normalized spacial score (nSPS) is 13.0. The van der Waals surface area contributed by atoms with Crippen molar-refractivity contribution in [2.75, 3.05) is 0 Å². The minimum Gasteiger partial charge on any atom is -0.380 e. The predicted molar refractivity (Wildman–Crippen MR) is 67.2 cm³/mol. The molecule has 0 aliphatic rings. The van der Waals surface area contributed by atoms with Gasteiger partial charge in [-0.25, -0.2) is 9.50 Å². The van der Waals surface area contributed by atoms with Crippen molar-refractivity contribution in [2.45, 2.75) is 19.6 Å². The van der Waals surface area contributed by atoms with Crippen molar-refractivity contribution in [3.05, 3.63) is 54.4 Å². The molecule has 0 aliphatic heterocycles. The lowest BCUT2D eigenvalue weighted by molar-refractivity contribution is 0.206. The number of aliphatic hydroxyl groups excluding tert-OH is 1. The maximum Gasteiger partial charge on any atom is 0.142 e. The third-order valence-electron chi connectivity index (χ3n) is 3.08. The number of hydrogen-bond donors (Lipinski definition) is 1. The fourth-order valence-corrected chi connectivity index (χ4v) is 2.14. The van der Waals surface area contributed by atoms with Crippen LogP contribution in [0.2, 0.25) is 0 Å². The molecule has 0 amide bonds. The van der Waals surface area contributed by atoms with E-state index in [1.54, 1.807) is 16.9 Å². The molecule has 0 saturated carbocycles. The largest absolute Gasteiger partial charge is 0.380 e.